The predicted octanol–water partition coefficient (Wildman–Crippen LogP) is 3.36. The second-order valence-corrected chi connectivity index (χ2v) is 6.04. The van der Waals surface area contributed by atoms with E-state index in [1.807, 2.05) is 43.4 Å². The van der Waals surface area contributed by atoms with Gasteiger partial charge in [-0.2, -0.15) is 0 Å². The van der Waals surface area contributed by atoms with Crippen molar-refractivity contribution in [1.29, 1.82) is 0 Å². The third-order valence-electron chi connectivity index (χ3n) is 2.43. The lowest BCUT2D eigenvalue weighted by atomic mass is 9.87. The monoisotopic (exact) mass is 347 g/mol. The molecule has 0 atom stereocenters. The average Bonchev–Trinajstić information content (AvgIpc) is 2.19. The van der Waals surface area contributed by atoms with Gasteiger partial charge in [0.15, 0.2) is 0 Å². The summed E-state index contributed by atoms with van der Waals surface area (Å²) in [6.45, 7) is 5.61. The molecule has 0 aliphatic carbocycles. The summed E-state index contributed by atoms with van der Waals surface area (Å²) in [7, 11) is 0. The smallest absolute Gasteiger partial charge is 0.270 e. The SMILES string of the molecule is CC(C)(C)C(=O)Cc1ccc([N+](=O)[O-])cc1I. The molecule has 4 nitrogen and oxygen atoms in total. The number of benzene rings is 1. The number of nitrogens with zero attached hydrogens (tertiary/aromatic N) is 1. The Morgan fingerprint density at radius 1 is 1.41 bits per heavy atom. The van der Waals surface area contributed by atoms with Crippen LogP contribution in [-0.4, -0.2) is 10.7 Å². The number of non-ortho nitro benzene ring substituents is 1. The molecular formula is C12H14INO3. The van der Waals surface area contributed by atoms with Crippen molar-refractivity contribution in [2.24, 2.45) is 5.41 Å². The van der Waals surface area contributed by atoms with Crippen molar-refractivity contribution in [2.45, 2.75) is 27.2 Å². The number of rotatable bonds is 3. The number of carbonyl (C=O) groups excluding carboxylic acids is 1. The Hall–Kier alpha value is -0.980. The molecule has 17 heavy (non-hydrogen) atoms. The fourth-order valence-corrected chi connectivity index (χ4v) is 1.92. The summed E-state index contributed by atoms with van der Waals surface area (Å²) in [6, 6.07) is 4.59. The molecular weight excluding hydrogens is 333 g/mol. The van der Waals surface area contributed by atoms with E-state index in [0.29, 0.717) is 6.42 Å². The van der Waals surface area contributed by atoms with Crippen LogP contribution in [0.25, 0.3) is 0 Å². The van der Waals surface area contributed by atoms with Gasteiger partial charge in [-0.1, -0.05) is 26.8 Å². The number of halogens is 1. The van der Waals surface area contributed by atoms with Gasteiger partial charge < -0.3 is 0 Å². The molecule has 1 aromatic carbocycles. The van der Waals surface area contributed by atoms with Gasteiger partial charge in [0.25, 0.3) is 5.69 Å². The molecule has 0 radical (unpaired) electrons. The lowest BCUT2D eigenvalue weighted by Crippen LogP contribution is -2.22. The van der Waals surface area contributed by atoms with Gasteiger partial charge in [-0.3, -0.25) is 14.9 Å². The van der Waals surface area contributed by atoms with E-state index in [1.165, 1.54) is 12.1 Å². The van der Waals surface area contributed by atoms with E-state index in [2.05, 4.69) is 0 Å². The minimum absolute atomic E-state index is 0.0568. The van der Waals surface area contributed by atoms with Crippen LogP contribution in [0.15, 0.2) is 18.2 Å². The second kappa shape index (κ2) is 5.12. The van der Waals surface area contributed by atoms with Gasteiger partial charge in [0.05, 0.1) is 4.92 Å². The summed E-state index contributed by atoms with van der Waals surface area (Å²) in [4.78, 5) is 22.0. The van der Waals surface area contributed by atoms with Crippen molar-refractivity contribution in [1.82, 2.24) is 0 Å². The topological polar surface area (TPSA) is 60.2 Å². The summed E-state index contributed by atoms with van der Waals surface area (Å²) in [5.41, 5.74) is 0.516. The van der Waals surface area contributed by atoms with Crippen LogP contribution in [0.2, 0.25) is 0 Å². The molecule has 92 valence electrons. The number of Topliss-reactive ketones (excluding diaryl/α,β-unsaturated/α-hetero) is 1. The van der Waals surface area contributed by atoms with Gasteiger partial charge in [-0.05, 0) is 28.2 Å². The molecule has 0 spiro atoms. The molecule has 5 heteroatoms. The highest BCUT2D eigenvalue weighted by molar-refractivity contribution is 14.1. The summed E-state index contributed by atoms with van der Waals surface area (Å²) in [5, 5.41) is 10.6. The maximum atomic E-state index is 11.9. The molecule has 0 amide bonds. The zero-order chi connectivity index (χ0) is 13.2. The first kappa shape index (κ1) is 14.1. The minimum atomic E-state index is -0.433. The molecule has 0 aromatic heterocycles. The number of hydrogen-bond acceptors (Lipinski definition) is 3. The Morgan fingerprint density at radius 3 is 2.41 bits per heavy atom. The lowest BCUT2D eigenvalue weighted by molar-refractivity contribution is -0.385. The van der Waals surface area contributed by atoms with E-state index in [4.69, 9.17) is 0 Å². The van der Waals surface area contributed by atoms with Crippen molar-refractivity contribution in [3.05, 3.63) is 37.4 Å². The first-order valence-electron chi connectivity index (χ1n) is 5.18. The highest BCUT2D eigenvalue weighted by atomic mass is 127. The number of carbonyl (C=O) groups is 1. The van der Waals surface area contributed by atoms with Crippen molar-refractivity contribution in [3.8, 4) is 0 Å². The molecule has 0 saturated heterocycles. The number of nitro benzene ring substituents is 1. The average molecular weight is 347 g/mol. The molecule has 1 rings (SSSR count). The summed E-state index contributed by atoms with van der Waals surface area (Å²) in [6.07, 6.45) is 0.319. The van der Waals surface area contributed by atoms with Crippen LogP contribution in [0.4, 0.5) is 5.69 Å². The molecule has 0 fully saturated rings. The van der Waals surface area contributed by atoms with E-state index >= 15 is 0 Å². The van der Waals surface area contributed by atoms with Gasteiger partial charge in [-0.25, -0.2) is 0 Å². The number of nitro groups is 1. The molecule has 1 aromatic rings. The Bertz CT molecular complexity index is 463. The van der Waals surface area contributed by atoms with E-state index in [9.17, 15) is 14.9 Å². The molecule has 0 aliphatic heterocycles. The van der Waals surface area contributed by atoms with E-state index in [1.54, 1.807) is 6.07 Å². The van der Waals surface area contributed by atoms with Crippen molar-refractivity contribution in [3.63, 3.8) is 0 Å². The molecule has 0 bridgehead atoms. The fraction of sp³-hybridized carbons (Fsp3) is 0.417. The first-order chi connectivity index (χ1) is 7.71. The Balaban J connectivity index is 2.95. The second-order valence-electron chi connectivity index (χ2n) is 4.88. The zero-order valence-electron chi connectivity index (χ0n) is 9.99. The molecule has 0 unspecified atom stereocenters. The van der Waals surface area contributed by atoms with Gasteiger partial charge in [-0.15, -0.1) is 0 Å². The largest absolute Gasteiger partial charge is 0.299 e. The predicted molar refractivity (Wildman–Crippen MR) is 74.0 cm³/mol. The fourth-order valence-electron chi connectivity index (χ4n) is 1.23. The van der Waals surface area contributed by atoms with E-state index in [-0.39, 0.29) is 16.9 Å². The Morgan fingerprint density at radius 2 is 2.00 bits per heavy atom. The highest BCUT2D eigenvalue weighted by Gasteiger charge is 2.22. The van der Waals surface area contributed by atoms with Gasteiger partial charge in [0, 0.05) is 27.5 Å². The maximum Gasteiger partial charge on any atom is 0.270 e. The van der Waals surface area contributed by atoms with Gasteiger partial charge in [0.1, 0.15) is 5.78 Å². The first-order valence-corrected chi connectivity index (χ1v) is 6.26. The third kappa shape index (κ3) is 3.76. The van der Waals surface area contributed by atoms with Crippen molar-refractivity contribution >= 4 is 34.1 Å². The van der Waals surface area contributed by atoms with Crippen LogP contribution >= 0.6 is 22.6 Å². The van der Waals surface area contributed by atoms with Gasteiger partial charge >= 0.3 is 0 Å². The summed E-state index contributed by atoms with van der Waals surface area (Å²) in [5.74, 6) is 0.129. The standard InChI is InChI=1S/C12H14INO3/c1-12(2,3)11(15)6-8-4-5-9(14(16)17)7-10(8)13/h4-5,7H,6H2,1-3H3. The molecule has 0 saturated carbocycles. The molecule has 0 N–H and O–H groups in total. The zero-order valence-corrected chi connectivity index (χ0v) is 12.1. The van der Waals surface area contributed by atoms with Crippen molar-refractivity contribution in [2.75, 3.05) is 0 Å². The highest BCUT2D eigenvalue weighted by Crippen LogP contribution is 2.23. The van der Waals surface area contributed by atoms with Crippen LogP contribution in [-0.2, 0) is 11.2 Å². The minimum Gasteiger partial charge on any atom is -0.299 e. The quantitative estimate of drug-likeness (QED) is 0.479. The van der Waals surface area contributed by atoms with Crippen LogP contribution in [0.3, 0.4) is 0 Å². The van der Waals surface area contributed by atoms with Crippen molar-refractivity contribution < 1.29 is 9.72 Å². The van der Waals surface area contributed by atoms with Crippen LogP contribution in [0.1, 0.15) is 26.3 Å². The normalized spacial score (nSPS) is 11.3. The number of ketones is 1. The molecule has 0 heterocycles. The van der Waals surface area contributed by atoms with Crippen LogP contribution in [0, 0.1) is 19.1 Å². The summed E-state index contributed by atoms with van der Waals surface area (Å²) < 4.78 is 0.759. The van der Waals surface area contributed by atoms with Gasteiger partial charge in [0.2, 0.25) is 0 Å². The Labute approximate surface area is 114 Å². The third-order valence-corrected chi connectivity index (χ3v) is 3.44. The maximum absolute atomic E-state index is 11.9. The lowest BCUT2D eigenvalue weighted by Gasteiger charge is -2.16. The van der Waals surface area contributed by atoms with Crippen LogP contribution in [0.5, 0.6) is 0 Å². The summed E-state index contributed by atoms with van der Waals surface area (Å²) >= 11 is 2.02. The molecule has 0 aliphatic rings. The Kier molecular flexibility index (Phi) is 4.24. The van der Waals surface area contributed by atoms with E-state index in [0.717, 1.165) is 9.13 Å². The van der Waals surface area contributed by atoms with E-state index < -0.39 is 4.92 Å². The van der Waals surface area contributed by atoms with Crippen LogP contribution < -0.4 is 0 Å². The number of hydrogen-bond donors (Lipinski definition) is 0.